The van der Waals surface area contributed by atoms with Crippen LogP contribution in [0.4, 0.5) is 0 Å². The maximum Gasteiger partial charge on any atom is 0.326 e. The van der Waals surface area contributed by atoms with Crippen molar-refractivity contribution in [1.29, 1.82) is 0 Å². The fourth-order valence-corrected chi connectivity index (χ4v) is 1.99. The quantitative estimate of drug-likeness (QED) is 0.863. The lowest BCUT2D eigenvalue weighted by atomic mass is 10.1. The zero-order valence-corrected chi connectivity index (χ0v) is 11.0. The molecule has 1 aromatic rings. The third kappa shape index (κ3) is 3.94. The molecule has 94 valence electrons. The van der Waals surface area contributed by atoms with E-state index in [0.29, 0.717) is 5.56 Å². The first-order valence-corrected chi connectivity index (χ1v) is 6.43. The van der Waals surface area contributed by atoms with Gasteiger partial charge in [-0.25, -0.2) is 8.93 Å². The van der Waals surface area contributed by atoms with Crippen molar-refractivity contribution in [2.45, 2.75) is 31.6 Å². The second-order valence-electron chi connectivity index (χ2n) is 4.68. The number of aliphatic carboxylic acids is 1. The summed E-state index contributed by atoms with van der Waals surface area (Å²) < 4.78 is 14.0. The number of benzene rings is 1. The van der Waals surface area contributed by atoms with Crippen LogP contribution in [0.25, 0.3) is 0 Å². The zero-order valence-electron chi connectivity index (χ0n) is 10.1. The lowest BCUT2D eigenvalue weighted by Crippen LogP contribution is -2.38. The van der Waals surface area contributed by atoms with Gasteiger partial charge in [-0.3, -0.25) is 4.79 Å². The van der Waals surface area contributed by atoms with Crippen LogP contribution in [0, 0.1) is 0 Å². The predicted octanol–water partition coefficient (Wildman–Crippen LogP) is 1.86. The molecule has 0 aromatic heterocycles. The van der Waals surface area contributed by atoms with E-state index in [1.807, 2.05) is 6.07 Å². The summed E-state index contributed by atoms with van der Waals surface area (Å²) in [5.41, 5.74) is 0.595. The first-order chi connectivity index (χ1) is 7.82. The number of nitrogens with one attached hydrogen (secondary N) is 1. The van der Waals surface area contributed by atoms with Crippen LogP contribution in [0.1, 0.15) is 32.4 Å². The van der Waals surface area contributed by atoms with Crippen LogP contribution in [-0.4, -0.2) is 20.0 Å². The van der Waals surface area contributed by atoms with Crippen LogP contribution >= 0.6 is 0 Å². The Hall–Kier alpha value is -1.20. The molecule has 0 aliphatic carbocycles. The number of carboxylic acids is 1. The van der Waals surface area contributed by atoms with E-state index < -0.39 is 27.7 Å². The number of rotatable bonds is 4. The van der Waals surface area contributed by atoms with E-state index in [1.165, 1.54) is 0 Å². The normalized spacial score (nSPS) is 15.2. The molecule has 5 heteroatoms. The molecule has 0 aliphatic rings. The summed E-state index contributed by atoms with van der Waals surface area (Å²) in [4.78, 5) is 11.2. The molecule has 0 saturated carbocycles. The van der Waals surface area contributed by atoms with Crippen molar-refractivity contribution in [3.63, 3.8) is 0 Å². The maximum atomic E-state index is 11.9. The Labute approximate surface area is 104 Å². The highest BCUT2D eigenvalue weighted by molar-refractivity contribution is 7.84. The van der Waals surface area contributed by atoms with Crippen molar-refractivity contribution in [1.82, 2.24) is 4.72 Å². The van der Waals surface area contributed by atoms with Gasteiger partial charge in [-0.05, 0) is 26.3 Å². The lowest BCUT2D eigenvalue weighted by Gasteiger charge is -2.22. The fourth-order valence-electron chi connectivity index (χ4n) is 1.19. The molecule has 0 saturated heterocycles. The summed E-state index contributed by atoms with van der Waals surface area (Å²) in [7, 11) is -1.42. The van der Waals surface area contributed by atoms with Crippen molar-refractivity contribution < 1.29 is 14.1 Å². The summed E-state index contributed by atoms with van der Waals surface area (Å²) >= 11 is 0. The molecule has 17 heavy (non-hydrogen) atoms. The van der Waals surface area contributed by atoms with E-state index in [1.54, 1.807) is 45.0 Å². The second kappa shape index (κ2) is 5.42. The van der Waals surface area contributed by atoms with E-state index in [0.717, 1.165) is 0 Å². The largest absolute Gasteiger partial charge is 0.480 e. The minimum Gasteiger partial charge on any atom is -0.480 e. The Kier molecular flexibility index (Phi) is 4.42. The molecule has 4 nitrogen and oxygen atoms in total. The maximum absolute atomic E-state index is 11.9. The molecule has 2 atom stereocenters. The Morgan fingerprint density at radius 3 is 2.24 bits per heavy atom. The molecule has 1 rings (SSSR count). The van der Waals surface area contributed by atoms with Crippen molar-refractivity contribution in [3.8, 4) is 0 Å². The molecule has 0 radical (unpaired) electrons. The first kappa shape index (κ1) is 13.9. The van der Waals surface area contributed by atoms with Gasteiger partial charge in [-0.1, -0.05) is 30.3 Å². The van der Waals surface area contributed by atoms with Gasteiger partial charge in [0.15, 0.2) is 0 Å². The molecule has 1 aromatic carbocycles. The number of hydrogen-bond acceptors (Lipinski definition) is 2. The minimum atomic E-state index is -1.42. The first-order valence-electron chi connectivity index (χ1n) is 5.28. The van der Waals surface area contributed by atoms with Gasteiger partial charge in [0.1, 0.15) is 6.04 Å². The van der Waals surface area contributed by atoms with E-state index in [-0.39, 0.29) is 0 Å². The second-order valence-corrected chi connectivity index (χ2v) is 6.68. The molecular weight excluding hydrogens is 238 g/mol. The number of carbonyl (C=O) groups is 1. The highest BCUT2D eigenvalue weighted by Gasteiger charge is 2.27. The van der Waals surface area contributed by atoms with Crippen molar-refractivity contribution in [3.05, 3.63) is 35.9 Å². The lowest BCUT2D eigenvalue weighted by molar-refractivity contribution is -0.139. The summed E-state index contributed by atoms with van der Waals surface area (Å²) in [5.74, 6) is -1.03. The molecule has 1 unspecified atom stereocenters. The summed E-state index contributed by atoms with van der Waals surface area (Å²) in [6.07, 6.45) is 0. The molecule has 0 heterocycles. The minimum absolute atomic E-state index is 0.498. The number of hydrogen-bond donors (Lipinski definition) is 2. The van der Waals surface area contributed by atoms with Crippen molar-refractivity contribution in [2.24, 2.45) is 0 Å². The molecular formula is C12H17NO3S. The Morgan fingerprint density at radius 1 is 1.29 bits per heavy atom. The summed E-state index contributed by atoms with van der Waals surface area (Å²) in [6, 6.07) is 7.77. The van der Waals surface area contributed by atoms with Crippen LogP contribution in [-0.2, 0) is 15.8 Å². The van der Waals surface area contributed by atoms with Gasteiger partial charge in [0.25, 0.3) is 0 Å². The highest BCUT2D eigenvalue weighted by Crippen LogP contribution is 2.17. The van der Waals surface area contributed by atoms with Crippen molar-refractivity contribution in [2.75, 3.05) is 0 Å². The zero-order chi connectivity index (χ0) is 13.1. The molecule has 2 N–H and O–H groups in total. The van der Waals surface area contributed by atoms with Crippen LogP contribution in [0.15, 0.2) is 30.3 Å². The number of carboxylic acid groups (broad SMARTS) is 1. The van der Waals surface area contributed by atoms with E-state index in [4.69, 9.17) is 5.11 Å². The van der Waals surface area contributed by atoms with Gasteiger partial charge in [-0.15, -0.1) is 0 Å². The van der Waals surface area contributed by atoms with Crippen LogP contribution < -0.4 is 4.72 Å². The van der Waals surface area contributed by atoms with Crippen LogP contribution in [0.2, 0.25) is 0 Å². The molecule has 0 amide bonds. The van der Waals surface area contributed by atoms with Gasteiger partial charge in [0.2, 0.25) is 0 Å². The van der Waals surface area contributed by atoms with Crippen LogP contribution in [0.3, 0.4) is 0 Å². The van der Waals surface area contributed by atoms with E-state index >= 15 is 0 Å². The highest BCUT2D eigenvalue weighted by atomic mass is 32.2. The molecule has 0 spiro atoms. The predicted molar refractivity (Wildman–Crippen MR) is 67.8 cm³/mol. The van der Waals surface area contributed by atoms with E-state index in [2.05, 4.69) is 4.72 Å². The molecule has 0 aliphatic heterocycles. The monoisotopic (exact) mass is 255 g/mol. The Balaban J connectivity index is 2.90. The van der Waals surface area contributed by atoms with Gasteiger partial charge >= 0.3 is 5.97 Å². The standard InChI is InChI=1S/C12H17NO3S/c1-12(2,3)17(16)13-10(11(14)15)9-7-5-4-6-8-9/h4-8,10,13H,1-3H3,(H,14,15)/t10?,17-/m1/s1. The average Bonchev–Trinajstić information content (AvgIpc) is 2.25. The van der Waals surface area contributed by atoms with Gasteiger partial charge in [0, 0.05) is 0 Å². The van der Waals surface area contributed by atoms with Crippen molar-refractivity contribution >= 4 is 17.0 Å². The Bertz CT molecular complexity index is 412. The summed E-state index contributed by atoms with van der Waals surface area (Å²) in [6.45, 7) is 5.38. The van der Waals surface area contributed by atoms with Gasteiger partial charge in [-0.2, -0.15) is 0 Å². The smallest absolute Gasteiger partial charge is 0.326 e. The summed E-state index contributed by atoms with van der Waals surface area (Å²) in [5, 5.41) is 9.14. The third-order valence-electron chi connectivity index (χ3n) is 2.16. The van der Waals surface area contributed by atoms with E-state index in [9.17, 15) is 9.00 Å². The van der Waals surface area contributed by atoms with Gasteiger partial charge < -0.3 is 5.11 Å². The topological polar surface area (TPSA) is 66.4 Å². The van der Waals surface area contributed by atoms with Gasteiger partial charge in [0.05, 0.1) is 15.7 Å². The third-order valence-corrected chi connectivity index (χ3v) is 3.72. The SMILES string of the molecule is CC(C)(C)[S@@](=O)NC(C(=O)O)c1ccccc1. The van der Waals surface area contributed by atoms with Crippen LogP contribution in [0.5, 0.6) is 0 Å². The Morgan fingerprint density at radius 2 is 1.82 bits per heavy atom. The molecule has 0 bridgehead atoms. The average molecular weight is 255 g/mol. The molecule has 0 fully saturated rings. The fraction of sp³-hybridized carbons (Fsp3) is 0.417.